The molecule has 6 heteroatoms. The number of rotatable bonds is 7. The average Bonchev–Trinajstić information content (AvgIpc) is 3.86. The number of hydrogen-bond donors (Lipinski definition) is 0. The number of furan rings is 1. The highest BCUT2D eigenvalue weighted by atomic mass is 32.1. The molecule has 8 aromatic carbocycles. The topological polar surface area (TPSA) is 55.1 Å². The van der Waals surface area contributed by atoms with E-state index in [2.05, 4.69) is 126 Å². The number of hydrogen-bond acceptors (Lipinski definition) is 6. The first-order valence-corrected chi connectivity index (χ1v) is 19.8. The van der Waals surface area contributed by atoms with Gasteiger partial charge in [-0.2, -0.15) is 0 Å². The fourth-order valence-electron chi connectivity index (χ4n) is 7.87. The van der Waals surface area contributed by atoms with Crippen LogP contribution < -0.4 is 4.90 Å². The maximum atomic E-state index is 6.73. The standard InChI is InChI=1S/C51H32N4OS/c1-4-14-33(15-5-1)34-26-28-37(29-27-34)55(42-22-13-25-46-48(42)40-20-10-11-24-45(40)57-46)38-30-31-39-44(32-38)56-43-23-12-21-41(47(39)43)51-53-49(35-16-6-2-7-17-35)52-50(54-51)36-18-8-3-9-19-36/h1-32H. The molecule has 268 valence electrons. The van der Waals surface area contributed by atoms with Crippen LogP contribution in [-0.2, 0) is 0 Å². The average molecular weight is 749 g/mol. The van der Waals surface area contributed by atoms with Crippen LogP contribution in [0.3, 0.4) is 0 Å². The third-order valence-corrected chi connectivity index (χ3v) is 11.7. The maximum Gasteiger partial charge on any atom is 0.164 e. The molecular weight excluding hydrogens is 717 g/mol. The van der Waals surface area contributed by atoms with Gasteiger partial charge in [0.05, 0.1) is 5.69 Å². The second-order valence-electron chi connectivity index (χ2n) is 14.0. The van der Waals surface area contributed by atoms with Gasteiger partial charge in [-0.3, -0.25) is 0 Å². The van der Waals surface area contributed by atoms with Crippen molar-refractivity contribution in [1.29, 1.82) is 0 Å². The zero-order chi connectivity index (χ0) is 37.7. The van der Waals surface area contributed by atoms with E-state index in [0.29, 0.717) is 17.5 Å². The number of anilines is 3. The second-order valence-corrected chi connectivity index (χ2v) is 15.1. The van der Waals surface area contributed by atoms with Crippen molar-refractivity contribution in [2.24, 2.45) is 0 Å². The van der Waals surface area contributed by atoms with Crippen LogP contribution in [0.4, 0.5) is 17.1 Å². The van der Waals surface area contributed by atoms with Crippen LogP contribution in [0.15, 0.2) is 199 Å². The molecule has 0 N–H and O–H groups in total. The van der Waals surface area contributed by atoms with Crippen LogP contribution in [0.25, 0.3) is 87.4 Å². The van der Waals surface area contributed by atoms with E-state index in [1.807, 2.05) is 84.1 Å². The highest BCUT2D eigenvalue weighted by Crippen LogP contribution is 2.46. The van der Waals surface area contributed by atoms with Gasteiger partial charge < -0.3 is 9.32 Å². The number of thiophene rings is 1. The van der Waals surface area contributed by atoms with Gasteiger partial charge in [-0.1, -0.05) is 140 Å². The lowest BCUT2D eigenvalue weighted by molar-refractivity contribution is 0.669. The molecule has 0 saturated heterocycles. The Labute approximate surface area is 332 Å². The summed E-state index contributed by atoms with van der Waals surface area (Å²) in [5, 5.41) is 4.44. The summed E-state index contributed by atoms with van der Waals surface area (Å²) in [5.74, 6) is 1.84. The molecule has 0 aliphatic rings. The Bertz CT molecular complexity index is 3170. The van der Waals surface area contributed by atoms with E-state index >= 15 is 0 Å². The summed E-state index contributed by atoms with van der Waals surface area (Å²) in [7, 11) is 0. The number of aromatic nitrogens is 3. The predicted molar refractivity (Wildman–Crippen MR) is 236 cm³/mol. The van der Waals surface area contributed by atoms with Crippen molar-refractivity contribution >= 4 is 70.5 Å². The first kappa shape index (κ1) is 33.0. The van der Waals surface area contributed by atoms with Gasteiger partial charge in [-0.25, -0.2) is 15.0 Å². The van der Waals surface area contributed by atoms with E-state index in [0.717, 1.165) is 55.7 Å². The zero-order valence-corrected chi connectivity index (χ0v) is 31.4. The Morgan fingerprint density at radius 1 is 0.386 bits per heavy atom. The van der Waals surface area contributed by atoms with Gasteiger partial charge in [0.2, 0.25) is 0 Å². The fraction of sp³-hybridized carbons (Fsp3) is 0. The van der Waals surface area contributed by atoms with E-state index in [1.54, 1.807) is 0 Å². The summed E-state index contributed by atoms with van der Waals surface area (Å²) < 4.78 is 9.24. The largest absolute Gasteiger partial charge is 0.456 e. The maximum absolute atomic E-state index is 6.73. The summed E-state index contributed by atoms with van der Waals surface area (Å²) in [6, 6.07) is 67.4. The summed E-state index contributed by atoms with van der Waals surface area (Å²) >= 11 is 1.83. The van der Waals surface area contributed by atoms with Gasteiger partial charge in [-0.05, 0) is 59.7 Å². The Morgan fingerprint density at radius 3 is 1.68 bits per heavy atom. The van der Waals surface area contributed by atoms with Crippen LogP contribution in [0, 0.1) is 0 Å². The molecule has 0 amide bonds. The van der Waals surface area contributed by atoms with Crippen molar-refractivity contribution < 1.29 is 4.42 Å². The zero-order valence-electron chi connectivity index (χ0n) is 30.6. The van der Waals surface area contributed by atoms with Gasteiger partial charge in [0, 0.05) is 65.1 Å². The molecule has 57 heavy (non-hydrogen) atoms. The molecule has 0 atom stereocenters. The number of fused-ring (bicyclic) bond motifs is 6. The van der Waals surface area contributed by atoms with E-state index in [9.17, 15) is 0 Å². The number of benzene rings is 8. The van der Waals surface area contributed by atoms with Crippen molar-refractivity contribution in [3.8, 4) is 45.3 Å². The molecular formula is C51H32N4OS. The summed E-state index contributed by atoms with van der Waals surface area (Å²) in [4.78, 5) is 17.4. The molecule has 3 heterocycles. The Balaban J connectivity index is 1.10. The first-order valence-electron chi connectivity index (χ1n) is 18.9. The number of nitrogens with zero attached hydrogens (tertiary/aromatic N) is 4. The minimum atomic E-state index is 0.594. The Kier molecular flexibility index (Phi) is 7.93. The molecule has 0 saturated carbocycles. The van der Waals surface area contributed by atoms with Crippen molar-refractivity contribution in [2.45, 2.75) is 0 Å². The highest BCUT2D eigenvalue weighted by Gasteiger charge is 2.22. The van der Waals surface area contributed by atoms with E-state index in [-0.39, 0.29) is 0 Å². The third kappa shape index (κ3) is 5.82. The van der Waals surface area contributed by atoms with Gasteiger partial charge in [0.25, 0.3) is 0 Å². The fourth-order valence-corrected chi connectivity index (χ4v) is 9.00. The lowest BCUT2D eigenvalue weighted by atomic mass is 10.0. The minimum absolute atomic E-state index is 0.594. The van der Waals surface area contributed by atoms with Crippen LogP contribution in [0.2, 0.25) is 0 Å². The lowest BCUT2D eigenvalue weighted by Gasteiger charge is -2.26. The van der Waals surface area contributed by atoms with Gasteiger partial charge >= 0.3 is 0 Å². The van der Waals surface area contributed by atoms with Crippen molar-refractivity contribution in [3.05, 3.63) is 194 Å². The molecule has 11 rings (SSSR count). The van der Waals surface area contributed by atoms with E-state index in [4.69, 9.17) is 19.4 Å². The van der Waals surface area contributed by atoms with E-state index < -0.39 is 0 Å². The SMILES string of the molecule is c1ccc(-c2ccc(N(c3ccc4c(c3)oc3cccc(-c5nc(-c6ccccc6)nc(-c6ccccc6)n5)c34)c3cccc4sc5ccccc5c34)cc2)cc1. The third-order valence-electron chi connectivity index (χ3n) is 10.5. The molecule has 0 unspecified atom stereocenters. The first-order chi connectivity index (χ1) is 28.2. The van der Waals surface area contributed by atoms with Crippen molar-refractivity contribution in [3.63, 3.8) is 0 Å². The van der Waals surface area contributed by atoms with Gasteiger partial charge in [-0.15, -0.1) is 11.3 Å². The molecule has 0 aliphatic heterocycles. The Hall–Kier alpha value is -7.41. The molecule has 5 nitrogen and oxygen atoms in total. The quantitative estimate of drug-likeness (QED) is 0.162. The van der Waals surface area contributed by atoms with Crippen LogP contribution in [-0.4, -0.2) is 15.0 Å². The van der Waals surface area contributed by atoms with Crippen LogP contribution >= 0.6 is 11.3 Å². The molecule has 3 aromatic heterocycles. The van der Waals surface area contributed by atoms with Gasteiger partial charge in [0.15, 0.2) is 17.5 Å². The lowest BCUT2D eigenvalue weighted by Crippen LogP contribution is -2.10. The highest BCUT2D eigenvalue weighted by molar-refractivity contribution is 7.26. The molecule has 0 bridgehead atoms. The summed E-state index contributed by atoms with van der Waals surface area (Å²) in [6.07, 6.45) is 0. The van der Waals surface area contributed by atoms with Crippen LogP contribution in [0.1, 0.15) is 0 Å². The molecule has 0 spiro atoms. The smallest absolute Gasteiger partial charge is 0.164 e. The van der Waals surface area contributed by atoms with Gasteiger partial charge in [0.1, 0.15) is 11.2 Å². The predicted octanol–water partition coefficient (Wildman–Crippen LogP) is 14.3. The van der Waals surface area contributed by atoms with Crippen LogP contribution in [0.5, 0.6) is 0 Å². The minimum Gasteiger partial charge on any atom is -0.456 e. The summed E-state index contributed by atoms with van der Waals surface area (Å²) in [5.41, 5.74) is 9.82. The molecule has 0 aliphatic carbocycles. The van der Waals surface area contributed by atoms with Crippen molar-refractivity contribution in [2.75, 3.05) is 4.90 Å². The normalized spacial score (nSPS) is 11.5. The second kappa shape index (κ2) is 13.7. The molecule has 11 aromatic rings. The monoisotopic (exact) mass is 748 g/mol. The molecule has 0 radical (unpaired) electrons. The Morgan fingerprint density at radius 2 is 0.965 bits per heavy atom. The molecule has 0 fully saturated rings. The van der Waals surface area contributed by atoms with Crippen molar-refractivity contribution in [1.82, 2.24) is 15.0 Å². The summed E-state index contributed by atoms with van der Waals surface area (Å²) in [6.45, 7) is 0. The van der Waals surface area contributed by atoms with E-state index in [1.165, 1.54) is 31.3 Å².